The zero-order chi connectivity index (χ0) is 13.1. The van der Waals surface area contributed by atoms with Gasteiger partial charge >= 0.3 is 0 Å². The third-order valence-electron chi connectivity index (χ3n) is 3.08. The maximum Gasteiger partial charge on any atom is 0.279 e. The number of imide groups is 1. The Morgan fingerprint density at radius 2 is 2.33 bits per heavy atom. The van der Waals surface area contributed by atoms with Crippen molar-refractivity contribution in [1.82, 2.24) is 9.88 Å². The maximum atomic E-state index is 12.2. The maximum absolute atomic E-state index is 12.2. The van der Waals surface area contributed by atoms with Crippen LogP contribution in [-0.2, 0) is 4.79 Å². The van der Waals surface area contributed by atoms with Gasteiger partial charge in [-0.1, -0.05) is 19.4 Å². The van der Waals surface area contributed by atoms with E-state index >= 15 is 0 Å². The lowest BCUT2D eigenvalue weighted by Crippen LogP contribution is -2.33. The predicted molar refractivity (Wildman–Crippen MR) is 71.0 cm³/mol. The van der Waals surface area contributed by atoms with Gasteiger partial charge in [0.05, 0.1) is 0 Å². The van der Waals surface area contributed by atoms with Gasteiger partial charge in [-0.2, -0.15) is 0 Å². The molecule has 0 saturated carbocycles. The molecule has 4 nitrogen and oxygen atoms in total. The molecule has 1 aliphatic rings. The molecule has 0 aliphatic carbocycles. The van der Waals surface area contributed by atoms with Gasteiger partial charge in [0.15, 0.2) is 0 Å². The van der Waals surface area contributed by atoms with Crippen LogP contribution >= 0.6 is 15.9 Å². The molecule has 1 saturated heterocycles. The fourth-order valence-electron chi connectivity index (χ4n) is 2.25. The first-order valence-corrected chi connectivity index (χ1v) is 6.88. The lowest BCUT2D eigenvalue weighted by Gasteiger charge is -2.14. The van der Waals surface area contributed by atoms with Gasteiger partial charge in [0, 0.05) is 13.0 Å². The number of aromatic nitrogens is 1. The quantitative estimate of drug-likeness (QED) is 0.637. The number of amides is 2. The molecule has 96 valence electrons. The van der Waals surface area contributed by atoms with E-state index in [2.05, 4.69) is 27.8 Å². The first-order chi connectivity index (χ1) is 8.61. The van der Waals surface area contributed by atoms with Crippen LogP contribution in [0.1, 0.15) is 36.7 Å². The molecular weight excluding hydrogens is 296 g/mol. The van der Waals surface area contributed by atoms with Crippen LogP contribution in [0.15, 0.2) is 22.8 Å². The summed E-state index contributed by atoms with van der Waals surface area (Å²) in [7, 11) is 0. The van der Waals surface area contributed by atoms with E-state index in [0.717, 1.165) is 12.8 Å². The normalized spacial score (nSPS) is 19.3. The smallest absolute Gasteiger partial charge is 0.277 e. The lowest BCUT2D eigenvalue weighted by molar-refractivity contribution is -0.125. The number of nitrogens with zero attached hydrogens (tertiary/aromatic N) is 2. The van der Waals surface area contributed by atoms with E-state index in [0.29, 0.717) is 29.2 Å². The Labute approximate surface area is 115 Å². The molecule has 2 amide bonds. The van der Waals surface area contributed by atoms with Gasteiger partial charge in [0.25, 0.3) is 5.91 Å². The average Bonchev–Trinajstić information content (AvgIpc) is 2.70. The summed E-state index contributed by atoms with van der Waals surface area (Å²) in [5.41, 5.74) is 0.315. The van der Waals surface area contributed by atoms with Crippen LogP contribution in [-0.4, -0.2) is 28.2 Å². The molecule has 0 bridgehead atoms. The van der Waals surface area contributed by atoms with Crippen molar-refractivity contribution >= 4 is 27.7 Å². The van der Waals surface area contributed by atoms with E-state index in [1.54, 1.807) is 18.2 Å². The fourth-order valence-corrected chi connectivity index (χ4v) is 2.59. The van der Waals surface area contributed by atoms with Gasteiger partial charge in [-0.25, -0.2) is 4.98 Å². The highest BCUT2D eigenvalue weighted by Gasteiger charge is 2.34. The molecule has 1 atom stereocenters. The molecular formula is C13H15BrN2O2. The van der Waals surface area contributed by atoms with Crippen molar-refractivity contribution in [2.24, 2.45) is 5.92 Å². The Morgan fingerprint density at radius 1 is 1.56 bits per heavy atom. The largest absolute Gasteiger partial charge is 0.279 e. The monoisotopic (exact) mass is 310 g/mol. The summed E-state index contributed by atoms with van der Waals surface area (Å²) in [5, 5.41) is 0. The fraction of sp³-hybridized carbons (Fsp3) is 0.462. The van der Waals surface area contributed by atoms with E-state index in [-0.39, 0.29) is 11.8 Å². The zero-order valence-electron chi connectivity index (χ0n) is 10.2. The summed E-state index contributed by atoms with van der Waals surface area (Å²) in [6.45, 7) is 2.62. The summed E-state index contributed by atoms with van der Waals surface area (Å²) in [6.07, 6.45) is 2.50. The number of likely N-dealkylation sites (tertiary alicyclic amines) is 1. The molecule has 5 heteroatoms. The van der Waals surface area contributed by atoms with Gasteiger partial charge in [0.1, 0.15) is 10.3 Å². The number of carbonyl (C=O) groups excluding carboxylic acids is 2. The second-order valence-corrected chi connectivity index (χ2v) is 5.33. The SMILES string of the molecule is CCCC1CC(=O)N(C(=O)c2cccc(Br)n2)C1. The molecule has 0 N–H and O–H groups in total. The van der Waals surface area contributed by atoms with Crippen LogP contribution in [0.2, 0.25) is 0 Å². The highest BCUT2D eigenvalue weighted by atomic mass is 79.9. The van der Waals surface area contributed by atoms with E-state index in [1.807, 2.05) is 0 Å². The second-order valence-electron chi connectivity index (χ2n) is 4.51. The molecule has 0 aromatic carbocycles. The standard InChI is InChI=1S/C13H15BrN2O2/c1-2-4-9-7-12(17)16(8-9)13(18)10-5-3-6-11(14)15-10/h3,5-6,9H,2,4,7-8H2,1H3. The molecule has 1 aromatic heterocycles. The molecule has 1 aliphatic heterocycles. The summed E-state index contributed by atoms with van der Waals surface area (Å²) in [5.74, 6) is -0.0706. The molecule has 2 rings (SSSR count). The predicted octanol–water partition coefficient (Wildman–Crippen LogP) is 2.63. The Balaban J connectivity index is 2.12. The zero-order valence-corrected chi connectivity index (χ0v) is 11.8. The van der Waals surface area contributed by atoms with Gasteiger partial charge in [0.2, 0.25) is 5.91 Å². The summed E-state index contributed by atoms with van der Waals surface area (Å²) >= 11 is 3.22. The van der Waals surface area contributed by atoms with Gasteiger partial charge in [-0.05, 0) is 40.4 Å². The number of rotatable bonds is 3. The Hall–Kier alpha value is -1.23. The highest BCUT2D eigenvalue weighted by Crippen LogP contribution is 2.23. The van der Waals surface area contributed by atoms with Crippen LogP contribution in [0, 0.1) is 5.92 Å². The summed E-state index contributed by atoms with van der Waals surface area (Å²) in [4.78, 5) is 29.4. The van der Waals surface area contributed by atoms with Crippen molar-refractivity contribution in [3.63, 3.8) is 0 Å². The third kappa shape index (κ3) is 2.77. The van der Waals surface area contributed by atoms with E-state index in [1.165, 1.54) is 4.90 Å². The van der Waals surface area contributed by atoms with Crippen molar-refractivity contribution in [2.75, 3.05) is 6.54 Å². The van der Waals surface area contributed by atoms with Gasteiger partial charge in [-0.15, -0.1) is 0 Å². The van der Waals surface area contributed by atoms with E-state index in [9.17, 15) is 9.59 Å². The summed E-state index contributed by atoms with van der Waals surface area (Å²) < 4.78 is 0.602. The average molecular weight is 311 g/mol. The number of hydrogen-bond donors (Lipinski definition) is 0. The number of pyridine rings is 1. The van der Waals surface area contributed by atoms with Gasteiger partial charge in [-0.3, -0.25) is 14.5 Å². The lowest BCUT2D eigenvalue weighted by atomic mass is 10.0. The molecule has 2 heterocycles. The minimum absolute atomic E-state index is 0.0831. The van der Waals surface area contributed by atoms with Gasteiger partial charge < -0.3 is 0 Å². The van der Waals surface area contributed by atoms with Crippen molar-refractivity contribution in [2.45, 2.75) is 26.2 Å². The molecule has 18 heavy (non-hydrogen) atoms. The van der Waals surface area contributed by atoms with Crippen LogP contribution in [0.3, 0.4) is 0 Å². The van der Waals surface area contributed by atoms with Crippen molar-refractivity contribution in [3.8, 4) is 0 Å². The van der Waals surface area contributed by atoms with Crippen LogP contribution in [0.25, 0.3) is 0 Å². The molecule has 0 spiro atoms. The van der Waals surface area contributed by atoms with Crippen molar-refractivity contribution in [1.29, 1.82) is 0 Å². The Kier molecular flexibility index (Phi) is 4.11. The van der Waals surface area contributed by atoms with Crippen LogP contribution < -0.4 is 0 Å². The number of hydrogen-bond acceptors (Lipinski definition) is 3. The van der Waals surface area contributed by atoms with E-state index in [4.69, 9.17) is 0 Å². The van der Waals surface area contributed by atoms with E-state index < -0.39 is 0 Å². The summed E-state index contributed by atoms with van der Waals surface area (Å²) in [6, 6.07) is 5.13. The second kappa shape index (κ2) is 5.61. The first-order valence-electron chi connectivity index (χ1n) is 6.09. The Bertz CT molecular complexity index is 476. The molecule has 1 unspecified atom stereocenters. The minimum atomic E-state index is -0.292. The molecule has 0 radical (unpaired) electrons. The topological polar surface area (TPSA) is 50.3 Å². The van der Waals surface area contributed by atoms with Crippen molar-refractivity contribution < 1.29 is 9.59 Å². The number of halogens is 1. The highest BCUT2D eigenvalue weighted by molar-refractivity contribution is 9.10. The Morgan fingerprint density at radius 3 is 3.00 bits per heavy atom. The van der Waals surface area contributed by atoms with Crippen LogP contribution in [0.5, 0.6) is 0 Å². The molecule has 1 aromatic rings. The minimum Gasteiger partial charge on any atom is -0.277 e. The number of carbonyl (C=O) groups is 2. The third-order valence-corrected chi connectivity index (χ3v) is 3.52. The van der Waals surface area contributed by atoms with Crippen molar-refractivity contribution in [3.05, 3.63) is 28.5 Å². The first kappa shape index (κ1) is 13.2. The van der Waals surface area contributed by atoms with Crippen LogP contribution in [0.4, 0.5) is 0 Å². The molecule has 1 fully saturated rings.